The van der Waals surface area contributed by atoms with Crippen LogP contribution in [0.25, 0.3) is 0 Å². The number of rotatable bonds is 7. The van der Waals surface area contributed by atoms with Gasteiger partial charge >= 0.3 is 0 Å². The summed E-state index contributed by atoms with van der Waals surface area (Å²) in [6.45, 7) is 9.90. The second kappa shape index (κ2) is 7.25. The molecule has 0 aliphatic rings. The Kier molecular flexibility index (Phi) is 5.94. The first kappa shape index (κ1) is 13.9. The number of hydrogen-bond donors (Lipinski definition) is 1. The Morgan fingerprint density at radius 3 is 2.71 bits per heavy atom. The predicted molar refractivity (Wildman–Crippen MR) is 70.1 cm³/mol. The number of aromatic nitrogens is 1. The third-order valence-corrected chi connectivity index (χ3v) is 2.83. The fourth-order valence-corrected chi connectivity index (χ4v) is 1.68. The lowest BCUT2D eigenvalue weighted by Crippen LogP contribution is -2.28. The average molecular weight is 237 g/mol. The molecule has 0 aliphatic heterocycles. The summed E-state index contributed by atoms with van der Waals surface area (Å²) >= 11 is 0. The van der Waals surface area contributed by atoms with Crippen molar-refractivity contribution < 1.29 is 4.74 Å². The molecule has 1 aromatic heterocycles. The maximum Gasteiger partial charge on any atom is 0.218 e. The van der Waals surface area contributed by atoms with Gasteiger partial charge in [-0.15, -0.1) is 0 Å². The Bertz CT molecular complexity index is 324. The number of nitrogens with zero attached hydrogens (tertiary/aromatic N) is 2. The Balaban J connectivity index is 2.51. The highest BCUT2D eigenvalue weighted by atomic mass is 16.5. The standard InChI is InChI=1S/C13H23N3O/c1-4-16(5-2)9-10-17-13-12(11(3)14)7-6-8-15-13/h6-8,11H,4-5,9-10,14H2,1-3H3. The van der Waals surface area contributed by atoms with Crippen molar-refractivity contribution in [3.05, 3.63) is 23.9 Å². The number of nitrogens with two attached hydrogens (primary N) is 1. The molecule has 2 N–H and O–H groups in total. The molecular formula is C13H23N3O. The molecule has 0 radical (unpaired) electrons. The Labute approximate surface area is 104 Å². The van der Waals surface area contributed by atoms with E-state index in [0.717, 1.165) is 25.2 Å². The van der Waals surface area contributed by atoms with E-state index in [1.54, 1.807) is 6.20 Å². The van der Waals surface area contributed by atoms with Gasteiger partial charge in [0.05, 0.1) is 0 Å². The quantitative estimate of drug-likeness (QED) is 0.786. The molecule has 1 atom stereocenters. The summed E-state index contributed by atoms with van der Waals surface area (Å²) in [5.41, 5.74) is 6.83. The van der Waals surface area contributed by atoms with Crippen LogP contribution in [0.5, 0.6) is 5.88 Å². The van der Waals surface area contributed by atoms with Crippen LogP contribution in [-0.2, 0) is 0 Å². The van der Waals surface area contributed by atoms with Crippen molar-refractivity contribution in [1.29, 1.82) is 0 Å². The predicted octanol–water partition coefficient (Wildman–Crippen LogP) is 1.82. The van der Waals surface area contributed by atoms with Crippen LogP contribution in [0, 0.1) is 0 Å². The second-order valence-electron chi connectivity index (χ2n) is 4.06. The normalized spacial score (nSPS) is 12.8. The van der Waals surface area contributed by atoms with E-state index in [-0.39, 0.29) is 6.04 Å². The third kappa shape index (κ3) is 4.32. The minimum atomic E-state index is -0.0489. The molecule has 0 saturated heterocycles. The number of hydrogen-bond acceptors (Lipinski definition) is 4. The molecule has 0 fully saturated rings. The molecule has 4 heteroatoms. The van der Waals surface area contributed by atoms with Crippen LogP contribution in [0.2, 0.25) is 0 Å². The minimum absolute atomic E-state index is 0.0489. The Morgan fingerprint density at radius 1 is 1.41 bits per heavy atom. The lowest BCUT2D eigenvalue weighted by molar-refractivity contribution is 0.216. The van der Waals surface area contributed by atoms with E-state index in [1.165, 1.54) is 0 Å². The molecule has 0 amide bonds. The summed E-state index contributed by atoms with van der Waals surface area (Å²) in [6.07, 6.45) is 1.73. The minimum Gasteiger partial charge on any atom is -0.476 e. The first-order valence-electron chi connectivity index (χ1n) is 6.24. The average Bonchev–Trinajstić information content (AvgIpc) is 2.35. The fourth-order valence-electron chi connectivity index (χ4n) is 1.68. The van der Waals surface area contributed by atoms with Gasteiger partial charge in [-0.2, -0.15) is 0 Å². The van der Waals surface area contributed by atoms with Gasteiger partial charge in [0.25, 0.3) is 0 Å². The highest BCUT2D eigenvalue weighted by Gasteiger charge is 2.08. The van der Waals surface area contributed by atoms with Crippen molar-refractivity contribution in [2.24, 2.45) is 5.73 Å². The second-order valence-corrected chi connectivity index (χ2v) is 4.06. The monoisotopic (exact) mass is 237 g/mol. The van der Waals surface area contributed by atoms with Crippen LogP contribution >= 0.6 is 0 Å². The summed E-state index contributed by atoms with van der Waals surface area (Å²) in [6, 6.07) is 3.80. The summed E-state index contributed by atoms with van der Waals surface area (Å²) in [5, 5.41) is 0. The molecule has 0 aromatic carbocycles. The van der Waals surface area contributed by atoms with Gasteiger partial charge in [-0.05, 0) is 26.1 Å². The molecule has 1 aromatic rings. The molecule has 1 unspecified atom stereocenters. The largest absolute Gasteiger partial charge is 0.476 e. The van der Waals surface area contributed by atoms with Gasteiger partial charge in [-0.3, -0.25) is 0 Å². The molecule has 4 nitrogen and oxygen atoms in total. The van der Waals surface area contributed by atoms with Gasteiger partial charge in [0, 0.05) is 24.3 Å². The van der Waals surface area contributed by atoms with Crippen LogP contribution in [0.15, 0.2) is 18.3 Å². The van der Waals surface area contributed by atoms with Crippen LogP contribution in [0.1, 0.15) is 32.4 Å². The van der Waals surface area contributed by atoms with Crippen LogP contribution in [0.4, 0.5) is 0 Å². The number of ether oxygens (including phenoxy) is 1. The van der Waals surface area contributed by atoms with Crippen molar-refractivity contribution in [3.8, 4) is 5.88 Å². The first-order chi connectivity index (χ1) is 8.19. The van der Waals surface area contributed by atoms with Crippen molar-refractivity contribution in [1.82, 2.24) is 9.88 Å². The van der Waals surface area contributed by atoms with Gasteiger partial charge in [0.2, 0.25) is 5.88 Å². The summed E-state index contributed by atoms with van der Waals surface area (Å²) in [7, 11) is 0. The van der Waals surface area contributed by atoms with Gasteiger partial charge < -0.3 is 15.4 Å². The highest BCUT2D eigenvalue weighted by Crippen LogP contribution is 2.19. The third-order valence-electron chi connectivity index (χ3n) is 2.83. The molecule has 0 saturated carbocycles. The summed E-state index contributed by atoms with van der Waals surface area (Å²) in [4.78, 5) is 6.54. The Hall–Kier alpha value is -1.13. The van der Waals surface area contributed by atoms with E-state index in [0.29, 0.717) is 12.5 Å². The van der Waals surface area contributed by atoms with Crippen LogP contribution < -0.4 is 10.5 Å². The van der Waals surface area contributed by atoms with Crippen molar-refractivity contribution in [2.45, 2.75) is 26.8 Å². The van der Waals surface area contributed by atoms with Crippen molar-refractivity contribution in [2.75, 3.05) is 26.2 Å². The van der Waals surface area contributed by atoms with E-state index in [2.05, 4.69) is 23.7 Å². The van der Waals surface area contributed by atoms with Gasteiger partial charge in [-0.1, -0.05) is 19.9 Å². The van der Waals surface area contributed by atoms with E-state index in [4.69, 9.17) is 10.5 Å². The summed E-state index contributed by atoms with van der Waals surface area (Å²) < 4.78 is 5.70. The molecule has 1 heterocycles. The zero-order valence-electron chi connectivity index (χ0n) is 11.0. The maximum absolute atomic E-state index is 5.87. The van der Waals surface area contributed by atoms with E-state index in [9.17, 15) is 0 Å². The maximum atomic E-state index is 5.87. The number of likely N-dealkylation sites (N-methyl/N-ethyl adjacent to an activating group) is 1. The molecule has 17 heavy (non-hydrogen) atoms. The van der Waals surface area contributed by atoms with Crippen molar-refractivity contribution in [3.63, 3.8) is 0 Å². The molecule has 1 rings (SSSR count). The zero-order chi connectivity index (χ0) is 12.7. The molecule has 0 aliphatic carbocycles. The van der Waals surface area contributed by atoms with Gasteiger partial charge in [0.15, 0.2) is 0 Å². The number of pyridine rings is 1. The topological polar surface area (TPSA) is 51.4 Å². The highest BCUT2D eigenvalue weighted by molar-refractivity contribution is 5.28. The zero-order valence-corrected chi connectivity index (χ0v) is 11.0. The fraction of sp³-hybridized carbons (Fsp3) is 0.615. The van der Waals surface area contributed by atoms with Crippen molar-refractivity contribution >= 4 is 0 Å². The van der Waals surface area contributed by atoms with Gasteiger partial charge in [-0.25, -0.2) is 4.98 Å². The van der Waals surface area contributed by atoms with E-state index in [1.807, 2.05) is 19.1 Å². The molecule has 0 spiro atoms. The molecule has 96 valence electrons. The SMILES string of the molecule is CCN(CC)CCOc1ncccc1C(C)N. The van der Waals surface area contributed by atoms with E-state index < -0.39 is 0 Å². The van der Waals surface area contributed by atoms with Crippen LogP contribution in [-0.4, -0.2) is 36.1 Å². The first-order valence-corrected chi connectivity index (χ1v) is 6.24. The lowest BCUT2D eigenvalue weighted by Gasteiger charge is -2.18. The Morgan fingerprint density at radius 2 is 2.12 bits per heavy atom. The molecular weight excluding hydrogens is 214 g/mol. The lowest BCUT2D eigenvalue weighted by atomic mass is 10.1. The van der Waals surface area contributed by atoms with E-state index >= 15 is 0 Å². The van der Waals surface area contributed by atoms with Crippen LogP contribution in [0.3, 0.4) is 0 Å². The smallest absolute Gasteiger partial charge is 0.218 e. The van der Waals surface area contributed by atoms with Gasteiger partial charge in [0.1, 0.15) is 6.61 Å². The molecule has 0 bridgehead atoms. The summed E-state index contributed by atoms with van der Waals surface area (Å²) in [5.74, 6) is 0.662.